The number of anilines is 1. The quantitative estimate of drug-likeness (QED) is 0.553. The van der Waals surface area contributed by atoms with E-state index < -0.39 is 17.9 Å². The molecule has 32 heavy (non-hydrogen) atoms. The number of fused-ring (bicyclic) bond motifs is 5. The van der Waals surface area contributed by atoms with Crippen LogP contribution in [-0.2, 0) is 14.3 Å². The minimum Gasteiger partial charge on any atom is -0.376 e. The highest BCUT2D eigenvalue weighted by Gasteiger charge is 2.64. The van der Waals surface area contributed by atoms with Crippen LogP contribution in [0, 0.1) is 11.8 Å². The summed E-state index contributed by atoms with van der Waals surface area (Å²) in [6, 6.07) is 15.9. The van der Waals surface area contributed by atoms with Gasteiger partial charge in [-0.1, -0.05) is 60.7 Å². The van der Waals surface area contributed by atoms with Crippen LogP contribution in [0.2, 0.25) is 0 Å². The number of para-hydroxylation sites is 1. The number of hydrogen-bond acceptors (Lipinski definition) is 5. The number of imide groups is 1. The fourth-order valence-electron chi connectivity index (χ4n) is 5.82. The molecule has 0 aliphatic carbocycles. The summed E-state index contributed by atoms with van der Waals surface area (Å²) in [5.74, 6) is -1.81. The third-order valence-electron chi connectivity index (χ3n) is 7.24. The summed E-state index contributed by atoms with van der Waals surface area (Å²) in [4.78, 5) is 44.3. The van der Waals surface area contributed by atoms with Crippen LogP contribution in [0.1, 0.15) is 28.8 Å². The van der Waals surface area contributed by atoms with Crippen molar-refractivity contribution in [3.8, 4) is 0 Å². The molecule has 0 saturated carbocycles. The fraction of sp³-hybridized carbons (Fsp3) is 0.346. The molecule has 0 radical (unpaired) electrons. The van der Waals surface area contributed by atoms with E-state index in [4.69, 9.17) is 4.74 Å². The second kappa shape index (κ2) is 7.41. The molecule has 0 N–H and O–H groups in total. The molecule has 4 aliphatic rings. The maximum atomic E-state index is 13.8. The lowest BCUT2D eigenvalue weighted by Crippen LogP contribution is -2.49. The van der Waals surface area contributed by atoms with Crippen LogP contribution in [0.4, 0.5) is 5.69 Å². The number of amides is 2. The predicted octanol–water partition coefficient (Wildman–Crippen LogP) is 2.93. The number of carbonyl (C=O) groups is 3. The third kappa shape index (κ3) is 2.79. The number of nitrogens with zero attached hydrogens (tertiary/aromatic N) is 2. The van der Waals surface area contributed by atoms with Gasteiger partial charge in [0.2, 0.25) is 11.8 Å². The van der Waals surface area contributed by atoms with Crippen LogP contribution in [0.3, 0.4) is 0 Å². The molecule has 2 amide bonds. The molecule has 0 bridgehead atoms. The Kier molecular flexibility index (Phi) is 4.50. The molecule has 162 valence electrons. The van der Waals surface area contributed by atoms with Crippen LogP contribution in [-0.4, -0.2) is 53.8 Å². The van der Waals surface area contributed by atoms with Crippen molar-refractivity contribution in [1.82, 2.24) is 4.90 Å². The van der Waals surface area contributed by atoms with Crippen molar-refractivity contribution in [2.45, 2.75) is 31.0 Å². The highest BCUT2D eigenvalue weighted by molar-refractivity contribution is 6.14. The number of carbonyl (C=O) groups excluding carboxylic acids is 3. The highest BCUT2D eigenvalue weighted by atomic mass is 16.5. The van der Waals surface area contributed by atoms with Crippen molar-refractivity contribution in [3.63, 3.8) is 0 Å². The maximum absolute atomic E-state index is 13.8. The van der Waals surface area contributed by atoms with E-state index in [1.807, 2.05) is 59.5 Å². The summed E-state index contributed by atoms with van der Waals surface area (Å²) in [6.45, 7) is 0.947. The zero-order valence-electron chi connectivity index (χ0n) is 17.6. The first-order valence-electron chi connectivity index (χ1n) is 11.3. The molecular weight excluding hydrogens is 404 g/mol. The first-order chi connectivity index (χ1) is 15.6. The number of ketones is 1. The minimum absolute atomic E-state index is 0.108. The average Bonchev–Trinajstić information content (AvgIpc) is 3.52. The fourth-order valence-corrected chi connectivity index (χ4v) is 5.82. The van der Waals surface area contributed by atoms with Crippen molar-refractivity contribution in [2.75, 3.05) is 18.1 Å². The number of benzene rings is 2. The Bertz CT molecular complexity index is 1120. The Hall–Kier alpha value is -3.25. The van der Waals surface area contributed by atoms with Gasteiger partial charge < -0.3 is 9.64 Å². The molecule has 0 spiro atoms. The number of ether oxygens (including phenoxy) is 1. The Morgan fingerprint density at radius 1 is 0.969 bits per heavy atom. The van der Waals surface area contributed by atoms with Crippen LogP contribution in [0.15, 0.2) is 60.7 Å². The molecule has 4 aliphatic heterocycles. The number of rotatable bonds is 4. The van der Waals surface area contributed by atoms with Gasteiger partial charge in [-0.15, -0.1) is 0 Å². The minimum atomic E-state index is -0.718. The maximum Gasteiger partial charge on any atom is 0.235 e. The van der Waals surface area contributed by atoms with E-state index in [0.717, 1.165) is 24.1 Å². The SMILES string of the molecule is O=C(c1ccccc1)[C@@H]1[C@@H]2C(=O)N(C[C@@H]3CCCO3)C(=O)[C@@H]2[C@H]2C=Cc3ccccc3N21. The summed E-state index contributed by atoms with van der Waals surface area (Å²) < 4.78 is 5.69. The third-order valence-corrected chi connectivity index (χ3v) is 7.24. The van der Waals surface area contributed by atoms with E-state index in [2.05, 4.69) is 0 Å². The van der Waals surface area contributed by atoms with Gasteiger partial charge in [-0.05, 0) is 24.5 Å². The molecule has 2 aromatic rings. The zero-order valence-corrected chi connectivity index (χ0v) is 17.6. The molecule has 6 rings (SSSR count). The zero-order chi connectivity index (χ0) is 21.8. The van der Waals surface area contributed by atoms with Gasteiger partial charge >= 0.3 is 0 Å². The lowest BCUT2D eigenvalue weighted by molar-refractivity contribution is -0.142. The van der Waals surface area contributed by atoms with E-state index in [1.165, 1.54) is 4.90 Å². The number of likely N-dealkylation sites (tertiary alicyclic amines) is 1. The van der Waals surface area contributed by atoms with Gasteiger partial charge in [-0.3, -0.25) is 19.3 Å². The Balaban J connectivity index is 1.43. The molecule has 0 aromatic heterocycles. The summed E-state index contributed by atoms with van der Waals surface area (Å²) in [6.07, 6.45) is 5.67. The number of hydrogen-bond donors (Lipinski definition) is 0. The second-order valence-electron chi connectivity index (χ2n) is 8.96. The van der Waals surface area contributed by atoms with Gasteiger partial charge in [0.05, 0.1) is 30.5 Å². The van der Waals surface area contributed by atoms with Crippen LogP contribution in [0.25, 0.3) is 6.08 Å². The van der Waals surface area contributed by atoms with Crippen LogP contribution in [0.5, 0.6) is 0 Å². The normalized spacial score (nSPS) is 30.4. The van der Waals surface area contributed by atoms with E-state index in [0.29, 0.717) is 12.2 Å². The Morgan fingerprint density at radius 2 is 1.72 bits per heavy atom. The molecular formula is C26H24N2O4. The molecule has 6 heteroatoms. The predicted molar refractivity (Wildman–Crippen MR) is 119 cm³/mol. The van der Waals surface area contributed by atoms with Crippen LogP contribution < -0.4 is 4.90 Å². The summed E-state index contributed by atoms with van der Waals surface area (Å²) in [7, 11) is 0. The molecule has 2 aromatic carbocycles. The number of Topliss-reactive ketones (excluding diaryl/α,β-unsaturated/α-hetero) is 1. The van der Waals surface area contributed by atoms with Crippen molar-refractivity contribution < 1.29 is 19.1 Å². The Morgan fingerprint density at radius 3 is 2.50 bits per heavy atom. The van der Waals surface area contributed by atoms with E-state index >= 15 is 0 Å². The topological polar surface area (TPSA) is 66.9 Å². The highest BCUT2D eigenvalue weighted by Crippen LogP contribution is 2.49. The first kappa shape index (κ1) is 19.4. The van der Waals surface area contributed by atoms with Gasteiger partial charge in [0.15, 0.2) is 5.78 Å². The van der Waals surface area contributed by atoms with Gasteiger partial charge in [0.1, 0.15) is 6.04 Å². The van der Waals surface area contributed by atoms with E-state index in [-0.39, 0.29) is 36.3 Å². The largest absolute Gasteiger partial charge is 0.376 e. The smallest absolute Gasteiger partial charge is 0.235 e. The lowest BCUT2D eigenvalue weighted by Gasteiger charge is -2.36. The van der Waals surface area contributed by atoms with Crippen molar-refractivity contribution >= 4 is 29.4 Å². The molecule has 6 nitrogen and oxygen atoms in total. The van der Waals surface area contributed by atoms with Crippen LogP contribution >= 0.6 is 0 Å². The van der Waals surface area contributed by atoms with Crippen molar-refractivity contribution in [2.24, 2.45) is 11.8 Å². The molecule has 0 unspecified atom stereocenters. The Labute approximate surface area is 186 Å². The van der Waals surface area contributed by atoms with Gasteiger partial charge in [-0.25, -0.2) is 0 Å². The summed E-state index contributed by atoms with van der Waals surface area (Å²) in [5, 5.41) is 0. The van der Waals surface area contributed by atoms with Gasteiger partial charge in [0, 0.05) is 17.9 Å². The second-order valence-corrected chi connectivity index (χ2v) is 8.96. The monoisotopic (exact) mass is 428 g/mol. The van der Waals surface area contributed by atoms with Gasteiger partial charge in [-0.2, -0.15) is 0 Å². The van der Waals surface area contributed by atoms with E-state index in [1.54, 1.807) is 12.1 Å². The summed E-state index contributed by atoms with van der Waals surface area (Å²) in [5.41, 5.74) is 2.45. The van der Waals surface area contributed by atoms with Gasteiger partial charge in [0.25, 0.3) is 0 Å². The molecule has 3 saturated heterocycles. The first-order valence-corrected chi connectivity index (χ1v) is 11.3. The molecule has 5 atom stereocenters. The van der Waals surface area contributed by atoms with E-state index in [9.17, 15) is 14.4 Å². The molecule has 4 heterocycles. The standard InChI is InChI=1S/C26H24N2O4/c29-24(17-8-2-1-3-9-17)23-22-21(20-13-12-16-7-4-5-11-19(16)28(20)23)25(30)27(26(22)31)15-18-10-6-14-32-18/h1-5,7-9,11-13,18,20-23H,6,10,14-15H2/t18-,20+,21+,22+,23-/m0/s1. The average molecular weight is 428 g/mol. The lowest BCUT2D eigenvalue weighted by atomic mass is 9.86. The van der Waals surface area contributed by atoms with Crippen molar-refractivity contribution in [1.29, 1.82) is 0 Å². The summed E-state index contributed by atoms with van der Waals surface area (Å²) >= 11 is 0. The van der Waals surface area contributed by atoms with Crippen molar-refractivity contribution in [3.05, 3.63) is 71.8 Å². The molecule has 3 fully saturated rings.